The van der Waals surface area contributed by atoms with E-state index in [1.807, 2.05) is 13.8 Å². The Bertz CT molecular complexity index is 579. The first kappa shape index (κ1) is 16.7. The number of H-pyrrole nitrogens is 1. The number of carbonyl (C=O) groups is 2. The number of aryl methyl sites for hydroxylation is 1. The molecule has 1 N–H and O–H groups in total. The fraction of sp³-hybridized carbons (Fsp3) is 0.625. The van der Waals surface area contributed by atoms with Crippen molar-refractivity contribution in [2.24, 2.45) is 0 Å². The lowest BCUT2D eigenvalue weighted by molar-refractivity contribution is -0.0278. The summed E-state index contributed by atoms with van der Waals surface area (Å²) >= 11 is 0. The number of Topliss-reactive ketones (excluding diaryl/α,β-unsaturated/α-hetero) is 1. The molecule has 0 saturated carbocycles. The van der Waals surface area contributed by atoms with E-state index in [1.54, 1.807) is 13.8 Å². The topological polar surface area (TPSA) is 71.6 Å². The standard InChI is InChI=1S/C16H24N2O4/c1-9-8-18(6-7-22-9)12(4)15(19)14-10(2)13(11(3)17-14)16(20)21-5/h9,12,17H,6-8H2,1-5H3/t9-,12-/m1/s1. The molecule has 0 radical (unpaired) electrons. The van der Waals surface area contributed by atoms with Gasteiger partial charge in [0.2, 0.25) is 0 Å². The van der Waals surface area contributed by atoms with Gasteiger partial charge in [0.15, 0.2) is 5.78 Å². The molecule has 1 aromatic heterocycles. The Morgan fingerprint density at radius 3 is 2.68 bits per heavy atom. The molecular formula is C16H24N2O4. The highest BCUT2D eigenvalue weighted by molar-refractivity contribution is 6.03. The molecule has 1 aromatic rings. The van der Waals surface area contributed by atoms with Crippen LogP contribution in [-0.2, 0) is 9.47 Å². The molecule has 1 aliphatic rings. The third kappa shape index (κ3) is 3.08. The number of hydrogen-bond donors (Lipinski definition) is 1. The molecule has 0 unspecified atom stereocenters. The minimum absolute atomic E-state index is 0.00940. The molecule has 2 heterocycles. The van der Waals surface area contributed by atoms with Gasteiger partial charge in [-0.1, -0.05) is 0 Å². The summed E-state index contributed by atoms with van der Waals surface area (Å²) in [6, 6.07) is -0.256. The number of aromatic amines is 1. The van der Waals surface area contributed by atoms with E-state index in [0.29, 0.717) is 29.1 Å². The van der Waals surface area contributed by atoms with Crippen molar-refractivity contribution in [1.29, 1.82) is 0 Å². The minimum Gasteiger partial charge on any atom is -0.465 e. The van der Waals surface area contributed by atoms with Crippen LogP contribution in [0, 0.1) is 13.8 Å². The molecule has 0 amide bonds. The molecule has 2 rings (SSSR count). The van der Waals surface area contributed by atoms with Crippen molar-refractivity contribution in [1.82, 2.24) is 9.88 Å². The van der Waals surface area contributed by atoms with Crippen molar-refractivity contribution >= 4 is 11.8 Å². The molecule has 1 saturated heterocycles. The maximum Gasteiger partial charge on any atom is 0.339 e. The summed E-state index contributed by atoms with van der Waals surface area (Å²) in [6.07, 6.45) is 0.126. The van der Waals surface area contributed by atoms with Crippen molar-refractivity contribution in [3.63, 3.8) is 0 Å². The maximum absolute atomic E-state index is 12.8. The second-order valence-corrected chi connectivity index (χ2v) is 5.83. The van der Waals surface area contributed by atoms with E-state index < -0.39 is 5.97 Å². The fourth-order valence-electron chi connectivity index (χ4n) is 2.98. The summed E-state index contributed by atoms with van der Waals surface area (Å²) in [7, 11) is 1.34. The zero-order valence-corrected chi connectivity index (χ0v) is 13.9. The van der Waals surface area contributed by atoms with E-state index in [9.17, 15) is 9.59 Å². The van der Waals surface area contributed by atoms with Gasteiger partial charge in [-0.3, -0.25) is 9.69 Å². The largest absolute Gasteiger partial charge is 0.465 e. The molecule has 6 heteroatoms. The SMILES string of the molecule is COC(=O)c1c(C)[nH]c(C(=O)[C@@H](C)N2CCO[C@H](C)C2)c1C. The monoisotopic (exact) mass is 308 g/mol. The number of methoxy groups -OCH3 is 1. The number of carbonyl (C=O) groups excluding carboxylic acids is 2. The van der Waals surface area contributed by atoms with Crippen LogP contribution in [0.1, 0.15) is 46.0 Å². The van der Waals surface area contributed by atoms with E-state index >= 15 is 0 Å². The summed E-state index contributed by atoms with van der Waals surface area (Å²) in [4.78, 5) is 29.8. The van der Waals surface area contributed by atoms with Gasteiger partial charge in [-0.05, 0) is 33.3 Å². The molecule has 2 atom stereocenters. The Morgan fingerprint density at radius 2 is 2.09 bits per heavy atom. The first-order valence-corrected chi connectivity index (χ1v) is 7.54. The average Bonchev–Trinajstić information content (AvgIpc) is 2.80. The number of morpholine rings is 1. The third-order valence-electron chi connectivity index (χ3n) is 4.27. The van der Waals surface area contributed by atoms with Gasteiger partial charge >= 0.3 is 5.97 Å². The highest BCUT2D eigenvalue weighted by atomic mass is 16.5. The van der Waals surface area contributed by atoms with Gasteiger partial charge in [0, 0.05) is 18.8 Å². The number of esters is 1. The highest BCUT2D eigenvalue weighted by Crippen LogP contribution is 2.22. The highest BCUT2D eigenvalue weighted by Gasteiger charge is 2.30. The lowest BCUT2D eigenvalue weighted by Crippen LogP contribution is -2.48. The first-order chi connectivity index (χ1) is 10.4. The number of rotatable bonds is 4. The molecule has 1 fully saturated rings. The van der Waals surface area contributed by atoms with Gasteiger partial charge in [0.05, 0.1) is 37.1 Å². The van der Waals surface area contributed by atoms with Crippen LogP contribution in [0.4, 0.5) is 0 Å². The van der Waals surface area contributed by atoms with Crippen LogP contribution in [0.15, 0.2) is 0 Å². The normalized spacial score (nSPS) is 20.7. The number of nitrogens with one attached hydrogen (secondary N) is 1. The lowest BCUT2D eigenvalue weighted by Gasteiger charge is -2.34. The van der Waals surface area contributed by atoms with Crippen LogP contribution in [0.2, 0.25) is 0 Å². The van der Waals surface area contributed by atoms with E-state index in [0.717, 1.165) is 13.1 Å². The van der Waals surface area contributed by atoms with Crippen LogP contribution < -0.4 is 0 Å². The summed E-state index contributed by atoms with van der Waals surface area (Å²) in [5.41, 5.74) is 2.26. The lowest BCUT2D eigenvalue weighted by atomic mass is 10.0. The predicted octanol–water partition coefficient (Wildman–Crippen LogP) is 1.71. The summed E-state index contributed by atoms with van der Waals surface area (Å²) in [5.74, 6) is -0.428. The smallest absolute Gasteiger partial charge is 0.339 e. The maximum atomic E-state index is 12.8. The van der Waals surface area contributed by atoms with E-state index in [4.69, 9.17) is 9.47 Å². The van der Waals surface area contributed by atoms with Crippen LogP contribution >= 0.6 is 0 Å². The van der Waals surface area contributed by atoms with E-state index in [1.165, 1.54) is 7.11 Å². The second-order valence-electron chi connectivity index (χ2n) is 5.83. The van der Waals surface area contributed by atoms with Gasteiger partial charge in [-0.15, -0.1) is 0 Å². The summed E-state index contributed by atoms with van der Waals surface area (Å²) in [5, 5.41) is 0. The molecule has 1 aliphatic heterocycles. The molecule has 22 heavy (non-hydrogen) atoms. The molecular weight excluding hydrogens is 284 g/mol. The van der Waals surface area contributed by atoms with Gasteiger partial charge in [-0.25, -0.2) is 4.79 Å². The zero-order chi connectivity index (χ0) is 16.4. The Balaban J connectivity index is 2.24. The zero-order valence-electron chi connectivity index (χ0n) is 13.9. The summed E-state index contributed by atoms with van der Waals surface area (Å²) in [6.45, 7) is 9.55. The van der Waals surface area contributed by atoms with Crippen molar-refractivity contribution in [2.45, 2.75) is 39.8 Å². The van der Waals surface area contributed by atoms with Gasteiger partial charge < -0.3 is 14.5 Å². The Hall–Kier alpha value is -1.66. The number of nitrogens with zero attached hydrogens (tertiary/aromatic N) is 1. The quantitative estimate of drug-likeness (QED) is 0.677. The Labute approximate surface area is 130 Å². The number of ether oxygens (including phenoxy) is 2. The summed E-state index contributed by atoms with van der Waals surface area (Å²) < 4.78 is 10.3. The molecule has 0 aliphatic carbocycles. The van der Waals surface area contributed by atoms with E-state index in [2.05, 4.69) is 9.88 Å². The van der Waals surface area contributed by atoms with Gasteiger partial charge in [0.1, 0.15) is 0 Å². The van der Waals surface area contributed by atoms with Crippen LogP contribution in [-0.4, -0.2) is 60.6 Å². The number of ketones is 1. The molecule has 0 bridgehead atoms. The second kappa shape index (κ2) is 6.62. The van der Waals surface area contributed by atoms with Gasteiger partial charge in [0.25, 0.3) is 0 Å². The number of hydrogen-bond acceptors (Lipinski definition) is 5. The van der Waals surface area contributed by atoms with Crippen molar-refractivity contribution in [3.05, 3.63) is 22.5 Å². The van der Waals surface area contributed by atoms with Gasteiger partial charge in [-0.2, -0.15) is 0 Å². The predicted molar refractivity (Wildman–Crippen MR) is 82.4 cm³/mol. The molecule has 0 aromatic carbocycles. The van der Waals surface area contributed by atoms with Crippen LogP contribution in [0.25, 0.3) is 0 Å². The minimum atomic E-state index is -0.419. The Kier molecular flexibility index (Phi) is 5.03. The van der Waals surface area contributed by atoms with Crippen molar-refractivity contribution < 1.29 is 19.1 Å². The van der Waals surface area contributed by atoms with Crippen LogP contribution in [0.3, 0.4) is 0 Å². The van der Waals surface area contributed by atoms with Crippen molar-refractivity contribution in [2.75, 3.05) is 26.8 Å². The third-order valence-corrected chi connectivity index (χ3v) is 4.27. The van der Waals surface area contributed by atoms with Crippen molar-refractivity contribution in [3.8, 4) is 0 Å². The average molecular weight is 308 g/mol. The molecule has 6 nitrogen and oxygen atoms in total. The van der Waals surface area contributed by atoms with Crippen LogP contribution in [0.5, 0.6) is 0 Å². The Morgan fingerprint density at radius 1 is 1.41 bits per heavy atom. The van der Waals surface area contributed by atoms with E-state index in [-0.39, 0.29) is 17.9 Å². The first-order valence-electron chi connectivity index (χ1n) is 7.54. The molecule has 122 valence electrons. The molecule has 0 spiro atoms. The fourth-order valence-corrected chi connectivity index (χ4v) is 2.98. The number of aromatic nitrogens is 1.